The van der Waals surface area contributed by atoms with Gasteiger partial charge in [0.2, 0.25) is 0 Å². The van der Waals surface area contributed by atoms with Gasteiger partial charge in [0.1, 0.15) is 12.0 Å². The molecule has 88 valence electrons. The number of hydrogen-bond acceptors (Lipinski definition) is 5. The first kappa shape index (κ1) is 11.2. The van der Waals surface area contributed by atoms with Crippen molar-refractivity contribution in [1.29, 1.82) is 0 Å². The van der Waals surface area contributed by atoms with Crippen LogP contribution in [0.2, 0.25) is 0 Å². The van der Waals surface area contributed by atoms with Gasteiger partial charge < -0.3 is 0 Å². The quantitative estimate of drug-likeness (QED) is 0.594. The largest absolute Gasteiger partial charge is 0.295 e. The molecule has 0 bridgehead atoms. The molecule has 1 heterocycles. The number of tetrazole rings is 1. The molecule has 0 aliphatic heterocycles. The standard InChI is InChI=1S/C10H11N5O2/c1-7(2)8-3-4-9(15(16)17)10(5-8)14-6-11-12-13-14/h3-7H,1-2H3. The molecular weight excluding hydrogens is 222 g/mol. The number of benzene rings is 1. The Bertz CT molecular complexity index is 536. The van der Waals surface area contributed by atoms with Gasteiger partial charge in [-0.3, -0.25) is 10.1 Å². The van der Waals surface area contributed by atoms with Crippen LogP contribution < -0.4 is 0 Å². The molecular formula is C10H11N5O2. The highest BCUT2D eigenvalue weighted by Crippen LogP contribution is 2.26. The average molecular weight is 233 g/mol. The molecule has 1 aromatic heterocycles. The molecule has 0 fully saturated rings. The van der Waals surface area contributed by atoms with Crippen molar-refractivity contribution < 1.29 is 4.92 Å². The van der Waals surface area contributed by atoms with E-state index in [0.29, 0.717) is 5.69 Å². The van der Waals surface area contributed by atoms with Crippen molar-refractivity contribution in [2.45, 2.75) is 19.8 Å². The van der Waals surface area contributed by atoms with E-state index in [9.17, 15) is 10.1 Å². The van der Waals surface area contributed by atoms with Crippen LogP contribution in [0.3, 0.4) is 0 Å². The summed E-state index contributed by atoms with van der Waals surface area (Å²) in [5, 5.41) is 21.6. The maximum absolute atomic E-state index is 10.9. The molecule has 0 amide bonds. The van der Waals surface area contributed by atoms with Crippen LogP contribution >= 0.6 is 0 Å². The summed E-state index contributed by atoms with van der Waals surface area (Å²) in [6, 6.07) is 4.96. The van der Waals surface area contributed by atoms with E-state index in [-0.39, 0.29) is 11.6 Å². The zero-order chi connectivity index (χ0) is 12.4. The van der Waals surface area contributed by atoms with Crippen LogP contribution in [0.25, 0.3) is 5.69 Å². The Balaban J connectivity index is 2.60. The van der Waals surface area contributed by atoms with Gasteiger partial charge in [0.25, 0.3) is 5.69 Å². The van der Waals surface area contributed by atoms with Crippen molar-refractivity contribution in [2.24, 2.45) is 0 Å². The molecule has 0 N–H and O–H groups in total. The maximum atomic E-state index is 10.9. The number of rotatable bonds is 3. The number of hydrogen-bond donors (Lipinski definition) is 0. The van der Waals surface area contributed by atoms with Crippen molar-refractivity contribution in [3.63, 3.8) is 0 Å². The smallest absolute Gasteiger partial charge is 0.258 e. The predicted octanol–water partition coefficient (Wildman–Crippen LogP) is 1.69. The van der Waals surface area contributed by atoms with Crippen LogP contribution in [-0.4, -0.2) is 25.1 Å². The van der Waals surface area contributed by atoms with Gasteiger partial charge in [-0.25, -0.2) is 0 Å². The average Bonchev–Trinajstić information content (AvgIpc) is 2.81. The summed E-state index contributed by atoms with van der Waals surface area (Å²) >= 11 is 0. The van der Waals surface area contributed by atoms with Crippen molar-refractivity contribution >= 4 is 5.69 Å². The first-order valence-corrected chi connectivity index (χ1v) is 5.11. The second-order valence-electron chi connectivity index (χ2n) is 3.91. The molecule has 0 unspecified atom stereocenters. The maximum Gasteiger partial charge on any atom is 0.295 e. The lowest BCUT2D eigenvalue weighted by Crippen LogP contribution is -2.02. The summed E-state index contributed by atoms with van der Waals surface area (Å²) < 4.78 is 1.30. The van der Waals surface area contributed by atoms with Crippen molar-refractivity contribution in [1.82, 2.24) is 20.2 Å². The molecule has 0 saturated heterocycles. The second kappa shape index (κ2) is 4.28. The minimum Gasteiger partial charge on any atom is -0.258 e. The zero-order valence-electron chi connectivity index (χ0n) is 9.44. The SMILES string of the molecule is CC(C)c1ccc([N+](=O)[O-])c(-n2cnnn2)c1. The summed E-state index contributed by atoms with van der Waals surface area (Å²) in [5.41, 5.74) is 1.37. The second-order valence-corrected chi connectivity index (χ2v) is 3.91. The third-order valence-electron chi connectivity index (χ3n) is 2.46. The first-order valence-electron chi connectivity index (χ1n) is 5.11. The van der Waals surface area contributed by atoms with Crippen LogP contribution in [0.5, 0.6) is 0 Å². The van der Waals surface area contributed by atoms with Crippen LogP contribution in [0.15, 0.2) is 24.5 Å². The summed E-state index contributed by atoms with van der Waals surface area (Å²) in [5.74, 6) is 0.283. The Hall–Kier alpha value is -2.31. The number of aromatic nitrogens is 4. The van der Waals surface area contributed by atoms with Gasteiger partial charge in [-0.1, -0.05) is 19.9 Å². The fraction of sp³-hybridized carbons (Fsp3) is 0.300. The Morgan fingerprint density at radius 3 is 2.71 bits per heavy atom. The van der Waals surface area contributed by atoms with Gasteiger partial charge in [0.15, 0.2) is 0 Å². The molecule has 2 aromatic rings. The van der Waals surface area contributed by atoms with E-state index in [1.54, 1.807) is 12.1 Å². The lowest BCUT2D eigenvalue weighted by molar-refractivity contribution is -0.384. The first-order chi connectivity index (χ1) is 8.09. The monoisotopic (exact) mass is 233 g/mol. The van der Waals surface area contributed by atoms with Gasteiger partial charge in [-0.2, -0.15) is 4.68 Å². The van der Waals surface area contributed by atoms with Crippen LogP contribution in [0.1, 0.15) is 25.3 Å². The van der Waals surface area contributed by atoms with Gasteiger partial charge in [0.05, 0.1) is 4.92 Å². The number of nitro groups is 1. The van der Waals surface area contributed by atoms with E-state index >= 15 is 0 Å². The van der Waals surface area contributed by atoms with E-state index in [0.717, 1.165) is 5.56 Å². The Labute approximate surface area is 97.2 Å². The summed E-state index contributed by atoms with van der Waals surface area (Å²) in [4.78, 5) is 10.5. The summed E-state index contributed by atoms with van der Waals surface area (Å²) in [6.45, 7) is 4.04. The summed E-state index contributed by atoms with van der Waals surface area (Å²) in [7, 11) is 0. The molecule has 17 heavy (non-hydrogen) atoms. The van der Waals surface area contributed by atoms with Crippen LogP contribution in [0, 0.1) is 10.1 Å². The molecule has 0 aliphatic carbocycles. The third kappa shape index (κ3) is 2.12. The molecule has 7 nitrogen and oxygen atoms in total. The van der Waals surface area contributed by atoms with E-state index in [2.05, 4.69) is 15.5 Å². The molecule has 7 heteroatoms. The lowest BCUT2D eigenvalue weighted by atomic mass is 10.0. The van der Waals surface area contributed by atoms with Crippen molar-refractivity contribution in [3.05, 3.63) is 40.2 Å². The van der Waals surface area contributed by atoms with Crippen molar-refractivity contribution in [3.8, 4) is 5.69 Å². The molecule has 0 spiro atoms. The van der Waals surface area contributed by atoms with Gasteiger partial charge >= 0.3 is 0 Å². The van der Waals surface area contributed by atoms with E-state index in [4.69, 9.17) is 0 Å². The summed E-state index contributed by atoms with van der Waals surface area (Å²) in [6.07, 6.45) is 1.34. The van der Waals surface area contributed by atoms with E-state index in [1.165, 1.54) is 17.1 Å². The van der Waals surface area contributed by atoms with Gasteiger partial charge in [0, 0.05) is 6.07 Å². The molecule has 2 rings (SSSR count). The third-order valence-corrected chi connectivity index (χ3v) is 2.46. The van der Waals surface area contributed by atoms with Gasteiger partial charge in [-0.05, 0) is 28.0 Å². The number of nitrogens with zero attached hydrogens (tertiary/aromatic N) is 5. The van der Waals surface area contributed by atoms with Gasteiger partial charge in [-0.15, -0.1) is 5.10 Å². The fourth-order valence-corrected chi connectivity index (χ4v) is 1.51. The minimum absolute atomic E-state index is 0.0123. The zero-order valence-corrected chi connectivity index (χ0v) is 9.44. The van der Waals surface area contributed by atoms with Crippen LogP contribution in [0.4, 0.5) is 5.69 Å². The van der Waals surface area contributed by atoms with Crippen molar-refractivity contribution in [2.75, 3.05) is 0 Å². The highest BCUT2D eigenvalue weighted by atomic mass is 16.6. The highest BCUT2D eigenvalue weighted by molar-refractivity contribution is 5.53. The van der Waals surface area contributed by atoms with E-state index < -0.39 is 4.92 Å². The topological polar surface area (TPSA) is 86.7 Å². The Kier molecular flexibility index (Phi) is 2.82. The molecule has 0 atom stereocenters. The molecule has 0 aliphatic rings. The normalized spacial score (nSPS) is 10.8. The highest BCUT2D eigenvalue weighted by Gasteiger charge is 2.17. The lowest BCUT2D eigenvalue weighted by Gasteiger charge is -2.07. The molecule has 1 aromatic carbocycles. The number of nitro benzene ring substituents is 1. The minimum atomic E-state index is -0.443. The Morgan fingerprint density at radius 1 is 1.41 bits per heavy atom. The predicted molar refractivity (Wildman–Crippen MR) is 59.9 cm³/mol. The van der Waals surface area contributed by atoms with Crippen LogP contribution in [-0.2, 0) is 0 Å². The Morgan fingerprint density at radius 2 is 2.18 bits per heavy atom. The fourth-order valence-electron chi connectivity index (χ4n) is 1.51. The van der Waals surface area contributed by atoms with E-state index in [1.807, 2.05) is 13.8 Å². The molecule has 0 radical (unpaired) electrons. The molecule has 0 saturated carbocycles.